The maximum absolute atomic E-state index is 12.2. The molecule has 2 aliphatic rings. The Morgan fingerprint density at radius 3 is 2.81 bits per heavy atom. The second kappa shape index (κ2) is 6.72. The lowest BCUT2D eigenvalue weighted by molar-refractivity contribution is -0.198. The molecule has 3 heterocycles. The molecule has 26 heavy (non-hydrogen) atoms. The smallest absolute Gasteiger partial charge is 0.251 e. The van der Waals surface area contributed by atoms with E-state index in [1.165, 1.54) is 6.21 Å². The van der Waals surface area contributed by atoms with Gasteiger partial charge in [0.25, 0.3) is 5.91 Å². The van der Waals surface area contributed by atoms with E-state index in [-0.39, 0.29) is 5.91 Å². The molecular weight excluding hydrogens is 334 g/mol. The van der Waals surface area contributed by atoms with E-state index in [0.717, 1.165) is 10.9 Å². The highest BCUT2D eigenvalue weighted by Crippen LogP contribution is 2.42. The van der Waals surface area contributed by atoms with Gasteiger partial charge in [-0.3, -0.25) is 9.79 Å². The van der Waals surface area contributed by atoms with Crippen molar-refractivity contribution >= 4 is 24.4 Å². The van der Waals surface area contributed by atoms with E-state index in [2.05, 4.69) is 22.8 Å². The summed E-state index contributed by atoms with van der Waals surface area (Å²) >= 11 is 0. The Morgan fingerprint density at radius 2 is 2.15 bits per heavy atom. The van der Waals surface area contributed by atoms with Gasteiger partial charge in [-0.2, -0.15) is 0 Å². The highest BCUT2D eigenvalue weighted by atomic mass is 16.8. The fourth-order valence-corrected chi connectivity index (χ4v) is 3.41. The van der Waals surface area contributed by atoms with Gasteiger partial charge in [0.2, 0.25) is 0 Å². The average molecular weight is 357 g/mol. The monoisotopic (exact) mass is 357 g/mol. The number of hydrogen-bond acceptors (Lipinski definition) is 5. The number of amides is 1. The number of carbonyl (C=O) groups excluding carboxylic acids is 1. The van der Waals surface area contributed by atoms with Crippen LogP contribution in [0, 0.1) is 12.3 Å². The van der Waals surface area contributed by atoms with E-state index < -0.39 is 30.3 Å². The van der Waals surface area contributed by atoms with Crippen molar-refractivity contribution in [2.75, 3.05) is 7.05 Å². The summed E-state index contributed by atoms with van der Waals surface area (Å²) in [6, 6.07) is 1.89. The molecule has 0 aliphatic carbocycles. The Morgan fingerprint density at radius 1 is 1.46 bits per heavy atom. The summed E-state index contributed by atoms with van der Waals surface area (Å²) in [6.45, 7) is 9.63. The Balaban J connectivity index is 2.01. The average Bonchev–Trinajstić information content (AvgIpc) is 3.22. The van der Waals surface area contributed by atoms with Gasteiger partial charge >= 0.3 is 0 Å². The molecule has 1 amide bonds. The molecule has 2 fully saturated rings. The predicted molar refractivity (Wildman–Crippen MR) is 97.4 cm³/mol. The second-order valence-corrected chi connectivity index (χ2v) is 6.72. The number of hydrogen-bond donors (Lipinski definition) is 1. The number of ether oxygens (including phenoxy) is 3. The van der Waals surface area contributed by atoms with Crippen molar-refractivity contribution < 1.29 is 19.0 Å². The van der Waals surface area contributed by atoms with E-state index >= 15 is 0 Å². The number of nitrogens with zero attached hydrogens (tertiary/aromatic N) is 2. The predicted octanol–water partition coefficient (Wildman–Crippen LogP) is -0.106. The lowest BCUT2D eigenvalue weighted by atomic mass is 10.1. The van der Waals surface area contributed by atoms with Crippen molar-refractivity contribution in [3.8, 4) is 12.3 Å². The maximum Gasteiger partial charge on any atom is 0.251 e. The molecule has 0 unspecified atom stereocenters. The Labute approximate surface area is 152 Å². The van der Waals surface area contributed by atoms with Crippen LogP contribution in [0.15, 0.2) is 17.3 Å². The minimum absolute atomic E-state index is 0.247. The van der Waals surface area contributed by atoms with Crippen LogP contribution in [0.1, 0.15) is 27.0 Å². The fraction of sp³-hybridized carbons (Fsp3) is 0.474. The van der Waals surface area contributed by atoms with Crippen molar-refractivity contribution in [2.45, 2.75) is 51.1 Å². The minimum Gasteiger partial charge on any atom is -0.357 e. The number of aliphatic imine (C=N–C) groups is 1. The van der Waals surface area contributed by atoms with Crippen molar-refractivity contribution in [2.24, 2.45) is 4.99 Å². The molecule has 0 radical (unpaired) electrons. The Hall–Kier alpha value is -2.40. The van der Waals surface area contributed by atoms with Gasteiger partial charge in [-0.15, -0.1) is 6.42 Å². The third-order valence-electron chi connectivity index (χ3n) is 4.55. The molecule has 2 aliphatic heterocycles. The largest absolute Gasteiger partial charge is 0.357 e. The number of nitrogens with one attached hydrogen (secondary N) is 1. The van der Waals surface area contributed by atoms with Gasteiger partial charge in [0.05, 0.1) is 6.21 Å². The van der Waals surface area contributed by atoms with Gasteiger partial charge < -0.3 is 24.1 Å². The third-order valence-corrected chi connectivity index (χ3v) is 4.55. The van der Waals surface area contributed by atoms with Crippen LogP contribution in [0.5, 0.6) is 0 Å². The lowest BCUT2D eigenvalue weighted by Crippen LogP contribution is -2.41. The molecule has 3 rings (SSSR count). The molecule has 0 saturated carbocycles. The summed E-state index contributed by atoms with van der Waals surface area (Å²) in [5, 5.41) is 4.16. The summed E-state index contributed by atoms with van der Waals surface area (Å²) < 4.78 is 19.8. The van der Waals surface area contributed by atoms with E-state index in [1.807, 2.05) is 37.6 Å². The van der Waals surface area contributed by atoms with Crippen LogP contribution >= 0.6 is 0 Å². The summed E-state index contributed by atoms with van der Waals surface area (Å²) in [7, 11) is 1.57. The number of rotatable bonds is 3. The standard InChI is InChI=1S/C19H23N3O4/c1-7-9-21-11(2)13-8-10-22(12(13)3)18-16-14(25-19(4,5)26-16)15(24-18)17(23)20-6/h1,8-10,14-16,18H,3H2,2,4-6H3,(H,20,23)/b13-11-,21-9?/t14-,15+,16-,18-/m1/s1. The van der Waals surface area contributed by atoms with Crippen LogP contribution < -0.4 is 15.9 Å². The molecule has 7 nitrogen and oxygen atoms in total. The van der Waals surface area contributed by atoms with Gasteiger partial charge in [-0.05, 0) is 26.8 Å². The molecule has 1 aromatic rings. The molecule has 0 spiro atoms. The quantitative estimate of drug-likeness (QED) is 0.605. The van der Waals surface area contributed by atoms with Crippen LogP contribution in [0.25, 0.3) is 12.3 Å². The molecule has 138 valence electrons. The molecular formula is C19H23N3O4. The fourth-order valence-electron chi connectivity index (χ4n) is 3.41. The summed E-state index contributed by atoms with van der Waals surface area (Å²) in [4.78, 5) is 16.4. The molecule has 4 atom stereocenters. The number of terminal acetylenes is 1. The maximum atomic E-state index is 12.2. The van der Waals surface area contributed by atoms with E-state index in [4.69, 9.17) is 20.6 Å². The zero-order valence-electron chi connectivity index (χ0n) is 15.4. The molecule has 1 N–H and O–H groups in total. The highest BCUT2D eigenvalue weighted by molar-refractivity contribution is 5.81. The molecule has 0 aromatic carbocycles. The number of likely N-dealkylation sites (N-methyl/N-ethyl adjacent to an activating group) is 1. The molecule has 7 heteroatoms. The minimum atomic E-state index is -0.792. The first-order valence-corrected chi connectivity index (χ1v) is 8.37. The zero-order valence-corrected chi connectivity index (χ0v) is 15.4. The third kappa shape index (κ3) is 3.07. The van der Waals surface area contributed by atoms with E-state index in [0.29, 0.717) is 5.35 Å². The van der Waals surface area contributed by atoms with Crippen molar-refractivity contribution in [1.82, 2.24) is 9.88 Å². The SMILES string of the molecule is C#CC=N/C(C)=c1/ccn([C@@H]2O[C@H](C(=O)NC)[C@H]3OC(C)(C)O[C@H]32)c1=C. The van der Waals surface area contributed by atoms with Crippen molar-refractivity contribution in [3.05, 3.63) is 22.8 Å². The summed E-state index contributed by atoms with van der Waals surface area (Å²) in [5.41, 5.74) is 0.744. The van der Waals surface area contributed by atoms with Crippen LogP contribution in [-0.2, 0) is 19.0 Å². The van der Waals surface area contributed by atoms with Crippen LogP contribution in [0.3, 0.4) is 0 Å². The molecule has 0 bridgehead atoms. The zero-order chi connectivity index (χ0) is 19.1. The first kappa shape index (κ1) is 18.4. The summed E-state index contributed by atoms with van der Waals surface area (Å²) in [6.07, 6.45) is 6.24. The summed E-state index contributed by atoms with van der Waals surface area (Å²) in [5.74, 6) is 1.33. The van der Waals surface area contributed by atoms with Gasteiger partial charge in [-0.1, -0.05) is 12.5 Å². The van der Waals surface area contributed by atoms with Crippen molar-refractivity contribution in [3.63, 3.8) is 0 Å². The molecule has 1 aromatic heterocycles. The molecule has 2 saturated heterocycles. The Kier molecular flexibility index (Phi) is 4.76. The van der Waals surface area contributed by atoms with Gasteiger partial charge in [0.1, 0.15) is 12.2 Å². The number of fused-ring (bicyclic) bond motifs is 1. The number of carbonyl (C=O) groups is 1. The van der Waals surface area contributed by atoms with Gasteiger partial charge in [-0.25, -0.2) is 0 Å². The van der Waals surface area contributed by atoms with Gasteiger partial charge in [0.15, 0.2) is 18.1 Å². The van der Waals surface area contributed by atoms with E-state index in [1.54, 1.807) is 7.05 Å². The van der Waals surface area contributed by atoms with E-state index in [9.17, 15) is 4.79 Å². The first-order valence-electron chi connectivity index (χ1n) is 8.37. The van der Waals surface area contributed by atoms with Gasteiger partial charge in [0, 0.05) is 29.5 Å². The Bertz CT molecular complexity index is 893. The normalized spacial score (nSPS) is 30.9. The van der Waals surface area contributed by atoms with Crippen LogP contribution in [0.2, 0.25) is 0 Å². The lowest BCUT2D eigenvalue weighted by Gasteiger charge is -2.24. The first-order chi connectivity index (χ1) is 12.3. The van der Waals surface area contributed by atoms with Crippen LogP contribution in [0.4, 0.5) is 0 Å². The second-order valence-electron chi connectivity index (χ2n) is 6.72. The topological polar surface area (TPSA) is 74.1 Å². The highest BCUT2D eigenvalue weighted by Gasteiger charge is 2.57. The van der Waals surface area contributed by atoms with Crippen LogP contribution in [-0.4, -0.2) is 47.8 Å². The number of aromatic nitrogens is 1. The van der Waals surface area contributed by atoms with Crippen molar-refractivity contribution in [1.29, 1.82) is 0 Å².